The number of anilines is 1. The summed E-state index contributed by atoms with van der Waals surface area (Å²) in [5.74, 6) is -1.19. The van der Waals surface area contributed by atoms with Crippen molar-refractivity contribution in [3.63, 3.8) is 0 Å². The fraction of sp³-hybridized carbons (Fsp3) is 0.231. The van der Waals surface area contributed by atoms with Crippen molar-refractivity contribution in [2.45, 2.75) is 19.0 Å². The molecule has 1 atom stereocenters. The maximum absolute atomic E-state index is 13.3. The molecule has 0 radical (unpaired) electrons. The second-order valence-electron chi connectivity index (χ2n) is 7.69. The predicted molar refractivity (Wildman–Crippen MR) is 118 cm³/mol. The zero-order valence-corrected chi connectivity index (χ0v) is 17.7. The van der Waals surface area contributed by atoms with Crippen LogP contribution in [0.5, 0.6) is 0 Å². The molecule has 0 spiro atoms. The first-order valence-electron chi connectivity index (χ1n) is 10.2. The van der Waals surface area contributed by atoms with Crippen LogP contribution in [0.15, 0.2) is 84.9 Å². The van der Waals surface area contributed by atoms with Crippen LogP contribution in [-0.4, -0.2) is 26.2 Å². The van der Waals surface area contributed by atoms with E-state index in [1.54, 1.807) is 0 Å². The molecule has 0 aromatic heterocycles. The summed E-state index contributed by atoms with van der Waals surface area (Å²) in [7, 11) is 2.63. The highest BCUT2D eigenvalue weighted by atomic mass is 16.5. The van der Waals surface area contributed by atoms with Gasteiger partial charge in [0.2, 0.25) is 0 Å². The van der Waals surface area contributed by atoms with Crippen LogP contribution in [0.2, 0.25) is 0 Å². The van der Waals surface area contributed by atoms with Crippen molar-refractivity contribution in [2.24, 2.45) is 5.41 Å². The number of ether oxygens (including phenoxy) is 2. The SMILES string of the molecule is COC(=O)C1(C(=O)OC)Cc2ccccc2N(Cc2ccccc2)C1c1ccccc1. The molecule has 0 amide bonds. The van der Waals surface area contributed by atoms with Gasteiger partial charge in [-0.1, -0.05) is 78.9 Å². The van der Waals surface area contributed by atoms with Gasteiger partial charge < -0.3 is 14.4 Å². The lowest BCUT2D eigenvalue weighted by atomic mass is 9.68. The summed E-state index contributed by atoms with van der Waals surface area (Å²) in [4.78, 5) is 28.8. The summed E-state index contributed by atoms with van der Waals surface area (Å²) in [6.07, 6.45) is 0.202. The van der Waals surface area contributed by atoms with Gasteiger partial charge in [-0.2, -0.15) is 0 Å². The Morgan fingerprint density at radius 2 is 1.39 bits per heavy atom. The number of hydrogen-bond donors (Lipinski definition) is 0. The second kappa shape index (κ2) is 8.64. The van der Waals surface area contributed by atoms with Crippen LogP contribution in [0, 0.1) is 5.41 Å². The van der Waals surface area contributed by atoms with E-state index in [1.807, 2.05) is 84.9 Å². The van der Waals surface area contributed by atoms with E-state index < -0.39 is 23.4 Å². The molecular weight excluding hydrogens is 390 g/mol. The van der Waals surface area contributed by atoms with Crippen LogP contribution < -0.4 is 4.90 Å². The first-order chi connectivity index (χ1) is 15.1. The van der Waals surface area contributed by atoms with Crippen LogP contribution in [0.3, 0.4) is 0 Å². The van der Waals surface area contributed by atoms with Crippen molar-refractivity contribution < 1.29 is 19.1 Å². The third-order valence-electron chi connectivity index (χ3n) is 5.96. The molecule has 0 saturated carbocycles. The number of para-hydroxylation sites is 1. The van der Waals surface area contributed by atoms with Gasteiger partial charge in [-0.25, -0.2) is 0 Å². The number of nitrogens with zero attached hydrogens (tertiary/aromatic N) is 1. The van der Waals surface area contributed by atoms with Crippen LogP contribution >= 0.6 is 0 Å². The van der Waals surface area contributed by atoms with Crippen molar-refractivity contribution >= 4 is 17.6 Å². The zero-order chi connectivity index (χ0) is 21.8. The topological polar surface area (TPSA) is 55.8 Å². The first-order valence-corrected chi connectivity index (χ1v) is 10.2. The molecule has 0 N–H and O–H groups in total. The van der Waals surface area contributed by atoms with E-state index in [-0.39, 0.29) is 6.42 Å². The standard InChI is InChI=1S/C26H25NO4/c1-30-24(28)26(25(29)31-2)17-21-15-9-10-16-22(21)27(18-19-11-5-3-6-12-19)23(26)20-13-7-4-8-14-20/h3-16,23H,17-18H2,1-2H3. The number of rotatable bonds is 5. The molecule has 3 aromatic rings. The molecule has 0 saturated heterocycles. The van der Waals surface area contributed by atoms with E-state index >= 15 is 0 Å². The highest BCUT2D eigenvalue weighted by molar-refractivity contribution is 6.03. The average molecular weight is 415 g/mol. The summed E-state index contributed by atoms with van der Waals surface area (Å²) in [6, 6.07) is 26.9. The Morgan fingerprint density at radius 1 is 0.839 bits per heavy atom. The van der Waals surface area contributed by atoms with E-state index in [0.717, 1.165) is 22.4 Å². The van der Waals surface area contributed by atoms with Crippen LogP contribution in [-0.2, 0) is 32.0 Å². The van der Waals surface area contributed by atoms with Crippen molar-refractivity contribution in [2.75, 3.05) is 19.1 Å². The van der Waals surface area contributed by atoms with Crippen LogP contribution in [0.25, 0.3) is 0 Å². The van der Waals surface area contributed by atoms with Gasteiger partial charge in [0.25, 0.3) is 0 Å². The fourth-order valence-corrected chi connectivity index (χ4v) is 4.61. The number of carbonyl (C=O) groups is 2. The number of hydrogen-bond acceptors (Lipinski definition) is 5. The number of carbonyl (C=O) groups excluding carboxylic acids is 2. The first kappa shape index (κ1) is 20.7. The summed E-state index contributed by atoms with van der Waals surface area (Å²) in [6.45, 7) is 0.521. The smallest absolute Gasteiger partial charge is 0.326 e. The molecular formula is C26H25NO4. The summed E-state index contributed by atoms with van der Waals surface area (Å²) < 4.78 is 10.4. The van der Waals surface area contributed by atoms with Gasteiger partial charge in [-0.15, -0.1) is 0 Å². The van der Waals surface area contributed by atoms with E-state index in [0.29, 0.717) is 6.54 Å². The van der Waals surface area contributed by atoms with E-state index in [4.69, 9.17) is 9.47 Å². The lowest BCUT2D eigenvalue weighted by molar-refractivity contribution is -0.171. The zero-order valence-electron chi connectivity index (χ0n) is 17.7. The van der Waals surface area contributed by atoms with Crippen molar-refractivity contribution in [3.8, 4) is 0 Å². The lowest BCUT2D eigenvalue weighted by Crippen LogP contribution is -2.56. The molecule has 0 fully saturated rings. The Bertz CT molecular complexity index is 1050. The molecule has 1 aliphatic rings. The van der Waals surface area contributed by atoms with Gasteiger partial charge in [-0.3, -0.25) is 9.59 Å². The fourth-order valence-electron chi connectivity index (χ4n) is 4.61. The third kappa shape index (κ3) is 3.56. The number of methoxy groups -OCH3 is 2. The van der Waals surface area contributed by atoms with Crippen molar-refractivity contribution in [1.82, 2.24) is 0 Å². The molecule has 31 heavy (non-hydrogen) atoms. The van der Waals surface area contributed by atoms with E-state index in [2.05, 4.69) is 4.90 Å². The Labute approximate surface area is 182 Å². The minimum absolute atomic E-state index is 0.202. The molecule has 5 heteroatoms. The third-order valence-corrected chi connectivity index (χ3v) is 5.96. The molecule has 4 rings (SSSR count). The van der Waals surface area contributed by atoms with E-state index in [9.17, 15) is 9.59 Å². The number of benzene rings is 3. The van der Waals surface area contributed by atoms with Crippen molar-refractivity contribution in [3.05, 3.63) is 102 Å². The maximum atomic E-state index is 13.3. The molecule has 3 aromatic carbocycles. The monoisotopic (exact) mass is 415 g/mol. The predicted octanol–water partition coefficient (Wildman–Crippen LogP) is 4.32. The molecule has 1 heterocycles. The number of fused-ring (bicyclic) bond motifs is 1. The van der Waals surface area contributed by atoms with E-state index in [1.165, 1.54) is 14.2 Å². The minimum atomic E-state index is -1.53. The summed E-state index contributed by atoms with van der Waals surface area (Å²) >= 11 is 0. The molecule has 5 nitrogen and oxygen atoms in total. The van der Waals surface area contributed by atoms with Gasteiger partial charge >= 0.3 is 11.9 Å². The number of esters is 2. The Hall–Kier alpha value is -3.60. The summed E-state index contributed by atoms with van der Waals surface area (Å²) in [5, 5.41) is 0. The second-order valence-corrected chi connectivity index (χ2v) is 7.69. The largest absolute Gasteiger partial charge is 0.468 e. The van der Waals surface area contributed by atoms with Crippen LogP contribution in [0.1, 0.15) is 22.7 Å². The van der Waals surface area contributed by atoms with Gasteiger partial charge in [0.1, 0.15) is 0 Å². The van der Waals surface area contributed by atoms with Gasteiger partial charge in [0, 0.05) is 18.7 Å². The quantitative estimate of drug-likeness (QED) is 0.459. The highest BCUT2D eigenvalue weighted by Gasteiger charge is 2.59. The van der Waals surface area contributed by atoms with Gasteiger partial charge in [0.15, 0.2) is 5.41 Å². The minimum Gasteiger partial charge on any atom is -0.468 e. The Balaban J connectivity index is 1.99. The Morgan fingerprint density at radius 3 is 2.00 bits per heavy atom. The lowest BCUT2D eigenvalue weighted by Gasteiger charge is -2.48. The maximum Gasteiger partial charge on any atom is 0.326 e. The average Bonchev–Trinajstić information content (AvgIpc) is 2.83. The molecule has 158 valence electrons. The van der Waals surface area contributed by atoms with Gasteiger partial charge in [-0.05, 0) is 22.8 Å². The normalized spacial score (nSPS) is 16.8. The Kier molecular flexibility index (Phi) is 5.76. The summed E-state index contributed by atoms with van der Waals surface area (Å²) in [5.41, 5.74) is 2.28. The molecule has 0 aliphatic carbocycles. The molecule has 1 unspecified atom stereocenters. The molecule has 1 aliphatic heterocycles. The molecule has 0 bridgehead atoms. The van der Waals surface area contributed by atoms with Gasteiger partial charge in [0.05, 0.1) is 20.3 Å². The van der Waals surface area contributed by atoms with Crippen molar-refractivity contribution in [1.29, 1.82) is 0 Å². The van der Waals surface area contributed by atoms with Crippen LogP contribution in [0.4, 0.5) is 5.69 Å². The highest BCUT2D eigenvalue weighted by Crippen LogP contribution is 2.51.